The summed E-state index contributed by atoms with van der Waals surface area (Å²) in [6.45, 7) is 1.81. The molecule has 0 aliphatic rings. The standard InChI is InChI=1S/C14H18BrN3O4/c1-9-6-10(15)4-5-11(9)16-12(19)7-18(2)8-13(20)17-14(21)22-3/h4-6H,7-8H2,1-3H3,(H,16,19)(H,17,20,21). The van der Waals surface area contributed by atoms with E-state index in [1.165, 1.54) is 12.0 Å². The lowest BCUT2D eigenvalue weighted by Crippen LogP contribution is -2.41. The van der Waals surface area contributed by atoms with Crippen molar-refractivity contribution in [2.24, 2.45) is 0 Å². The Hall–Kier alpha value is -1.93. The van der Waals surface area contributed by atoms with E-state index < -0.39 is 12.0 Å². The van der Waals surface area contributed by atoms with Gasteiger partial charge in [0.15, 0.2) is 0 Å². The van der Waals surface area contributed by atoms with Crippen LogP contribution in [0.25, 0.3) is 0 Å². The molecule has 8 heteroatoms. The van der Waals surface area contributed by atoms with Crippen LogP contribution in [0.2, 0.25) is 0 Å². The number of hydrogen-bond donors (Lipinski definition) is 2. The van der Waals surface area contributed by atoms with E-state index in [4.69, 9.17) is 0 Å². The first kappa shape index (κ1) is 18.1. The number of nitrogens with one attached hydrogen (secondary N) is 2. The Morgan fingerprint density at radius 2 is 1.86 bits per heavy atom. The van der Waals surface area contributed by atoms with Crippen LogP contribution in [0.15, 0.2) is 22.7 Å². The van der Waals surface area contributed by atoms with Crippen molar-refractivity contribution in [3.63, 3.8) is 0 Å². The van der Waals surface area contributed by atoms with E-state index in [-0.39, 0.29) is 19.0 Å². The second-order valence-electron chi connectivity index (χ2n) is 4.72. The van der Waals surface area contributed by atoms with E-state index in [2.05, 4.69) is 26.0 Å². The van der Waals surface area contributed by atoms with Crippen LogP contribution in [0.5, 0.6) is 0 Å². The zero-order valence-electron chi connectivity index (χ0n) is 12.6. The molecular formula is C14H18BrN3O4. The van der Waals surface area contributed by atoms with Gasteiger partial charge in [-0.3, -0.25) is 19.8 Å². The number of aryl methyl sites for hydroxylation is 1. The van der Waals surface area contributed by atoms with E-state index >= 15 is 0 Å². The third-order valence-electron chi connectivity index (χ3n) is 2.72. The molecule has 1 rings (SSSR count). The molecule has 0 saturated heterocycles. The second kappa shape index (κ2) is 8.50. The normalized spacial score (nSPS) is 10.2. The molecule has 0 atom stereocenters. The van der Waals surface area contributed by atoms with Gasteiger partial charge >= 0.3 is 6.09 Å². The molecule has 0 aliphatic carbocycles. The summed E-state index contributed by atoms with van der Waals surface area (Å²) in [6, 6.07) is 5.51. The van der Waals surface area contributed by atoms with Gasteiger partial charge in [-0.2, -0.15) is 0 Å². The summed E-state index contributed by atoms with van der Waals surface area (Å²) in [5.41, 5.74) is 1.63. The van der Waals surface area contributed by atoms with E-state index in [0.29, 0.717) is 5.69 Å². The smallest absolute Gasteiger partial charge is 0.413 e. The summed E-state index contributed by atoms with van der Waals surface area (Å²) in [6.07, 6.45) is -0.826. The molecule has 0 radical (unpaired) electrons. The van der Waals surface area contributed by atoms with Gasteiger partial charge in [-0.25, -0.2) is 4.79 Å². The van der Waals surface area contributed by atoms with Crippen molar-refractivity contribution in [1.82, 2.24) is 10.2 Å². The summed E-state index contributed by atoms with van der Waals surface area (Å²) in [4.78, 5) is 35.8. The molecule has 0 aromatic heterocycles. The number of imide groups is 1. The summed E-state index contributed by atoms with van der Waals surface area (Å²) in [7, 11) is 2.77. The minimum atomic E-state index is -0.826. The molecule has 3 amide bonds. The summed E-state index contributed by atoms with van der Waals surface area (Å²) in [5, 5.41) is 4.79. The number of rotatable bonds is 5. The highest BCUT2D eigenvalue weighted by molar-refractivity contribution is 9.10. The maximum absolute atomic E-state index is 11.9. The average molecular weight is 372 g/mol. The summed E-state index contributed by atoms with van der Waals surface area (Å²) >= 11 is 3.35. The topological polar surface area (TPSA) is 87.7 Å². The second-order valence-corrected chi connectivity index (χ2v) is 5.64. The maximum Gasteiger partial charge on any atom is 0.413 e. The maximum atomic E-state index is 11.9. The number of hydrogen-bond acceptors (Lipinski definition) is 5. The van der Waals surface area contributed by atoms with Crippen LogP contribution in [-0.2, 0) is 14.3 Å². The zero-order chi connectivity index (χ0) is 16.7. The highest BCUT2D eigenvalue weighted by atomic mass is 79.9. The van der Waals surface area contributed by atoms with E-state index in [0.717, 1.165) is 10.0 Å². The van der Waals surface area contributed by atoms with E-state index in [1.54, 1.807) is 13.1 Å². The van der Waals surface area contributed by atoms with Crippen LogP contribution < -0.4 is 10.6 Å². The molecule has 1 aromatic rings. The molecule has 1 aromatic carbocycles. The zero-order valence-corrected chi connectivity index (χ0v) is 14.2. The van der Waals surface area contributed by atoms with Crippen molar-refractivity contribution in [3.05, 3.63) is 28.2 Å². The van der Waals surface area contributed by atoms with Gasteiger partial charge in [-0.1, -0.05) is 15.9 Å². The van der Waals surface area contributed by atoms with Gasteiger partial charge < -0.3 is 10.1 Å². The van der Waals surface area contributed by atoms with Crippen LogP contribution in [0.3, 0.4) is 0 Å². The van der Waals surface area contributed by atoms with Gasteiger partial charge in [0.1, 0.15) is 0 Å². The number of halogens is 1. The largest absolute Gasteiger partial charge is 0.453 e. The lowest BCUT2D eigenvalue weighted by atomic mass is 10.2. The first-order valence-corrected chi connectivity index (χ1v) is 7.23. The molecule has 0 fully saturated rings. The Kier molecular flexibility index (Phi) is 7.00. The van der Waals surface area contributed by atoms with E-state index in [9.17, 15) is 14.4 Å². The number of methoxy groups -OCH3 is 1. The molecule has 2 N–H and O–H groups in total. The quantitative estimate of drug-likeness (QED) is 0.818. The van der Waals surface area contributed by atoms with Gasteiger partial charge in [0.05, 0.1) is 20.2 Å². The Morgan fingerprint density at radius 1 is 1.23 bits per heavy atom. The number of amides is 3. The number of anilines is 1. The third kappa shape index (κ3) is 6.23. The van der Waals surface area contributed by atoms with Gasteiger partial charge in [0.2, 0.25) is 11.8 Å². The number of benzene rings is 1. The molecule has 22 heavy (non-hydrogen) atoms. The first-order valence-electron chi connectivity index (χ1n) is 6.44. The Morgan fingerprint density at radius 3 is 2.45 bits per heavy atom. The lowest BCUT2D eigenvalue weighted by molar-refractivity contribution is -0.122. The minimum absolute atomic E-state index is 0.0180. The predicted molar refractivity (Wildman–Crippen MR) is 85.6 cm³/mol. The summed E-state index contributed by atoms with van der Waals surface area (Å²) in [5.74, 6) is -0.791. The number of carbonyl (C=O) groups excluding carboxylic acids is 3. The van der Waals surface area contributed by atoms with Crippen LogP contribution in [0.4, 0.5) is 10.5 Å². The van der Waals surface area contributed by atoms with Gasteiger partial charge in [-0.15, -0.1) is 0 Å². The van der Waals surface area contributed by atoms with Crippen LogP contribution >= 0.6 is 15.9 Å². The number of nitrogens with zero attached hydrogens (tertiary/aromatic N) is 1. The molecule has 0 saturated carbocycles. The molecule has 0 unspecified atom stereocenters. The van der Waals surface area contributed by atoms with Crippen LogP contribution in [0.1, 0.15) is 5.56 Å². The van der Waals surface area contributed by atoms with Crippen LogP contribution in [0, 0.1) is 6.92 Å². The highest BCUT2D eigenvalue weighted by Crippen LogP contribution is 2.19. The third-order valence-corrected chi connectivity index (χ3v) is 3.21. The van der Waals surface area contributed by atoms with Crippen molar-refractivity contribution in [3.8, 4) is 0 Å². The molecule has 0 heterocycles. The van der Waals surface area contributed by atoms with Crippen molar-refractivity contribution < 1.29 is 19.1 Å². The monoisotopic (exact) mass is 371 g/mol. The minimum Gasteiger partial charge on any atom is -0.453 e. The molecule has 0 spiro atoms. The van der Waals surface area contributed by atoms with E-state index in [1.807, 2.05) is 24.4 Å². The fourth-order valence-electron chi connectivity index (χ4n) is 1.71. The number of alkyl carbamates (subject to hydrolysis) is 1. The number of ether oxygens (including phenoxy) is 1. The van der Waals surface area contributed by atoms with Crippen molar-refractivity contribution in [2.45, 2.75) is 6.92 Å². The number of likely N-dealkylation sites (N-methyl/N-ethyl adjacent to an activating group) is 1. The Bertz CT molecular complexity index is 577. The molecular weight excluding hydrogens is 354 g/mol. The SMILES string of the molecule is COC(=O)NC(=O)CN(C)CC(=O)Nc1ccc(Br)cc1C. The first-order chi connectivity index (χ1) is 10.3. The highest BCUT2D eigenvalue weighted by Gasteiger charge is 2.13. The fourth-order valence-corrected chi connectivity index (χ4v) is 2.18. The average Bonchev–Trinajstić information content (AvgIpc) is 2.41. The van der Waals surface area contributed by atoms with Crippen molar-refractivity contribution in [2.75, 3.05) is 32.6 Å². The summed E-state index contributed by atoms with van der Waals surface area (Å²) < 4.78 is 5.24. The van der Waals surface area contributed by atoms with Crippen molar-refractivity contribution in [1.29, 1.82) is 0 Å². The fraction of sp³-hybridized carbons (Fsp3) is 0.357. The Labute approximate surface area is 137 Å². The molecule has 7 nitrogen and oxygen atoms in total. The predicted octanol–water partition coefficient (Wildman–Crippen LogP) is 1.51. The lowest BCUT2D eigenvalue weighted by Gasteiger charge is -2.16. The number of carbonyl (C=O) groups is 3. The van der Waals surface area contributed by atoms with Gasteiger partial charge in [-0.05, 0) is 37.7 Å². The molecule has 0 bridgehead atoms. The van der Waals surface area contributed by atoms with Crippen molar-refractivity contribution >= 4 is 39.5 Å². The van der Waals surface area contributed by atoms with Gasteiger partial charge in [0, 0.05) is 10.2 Å². The molecule has 120 valence electrons. The van der Waals surface area contributed by atoms with Gasteiger partial charge in [0.25, 0.3) is 0 Å². The molecule has 0 aliphatic heterocycles. The Balaban J connectivity index is 2.47. The van der Waals surface area contributed by atoms with Crippen LogP contribution in [-0.4, -0.2) is 50.1 Å².